The number of hydrogen-bond donors (Lipinski definition) is 1. The zero-order valence-electron chi connectivity index (χ0n) is 19.4. The van der Waals surface area contributed by atoms with Crippen molar-refractivity contribution in [1.82, 2.24) is 9.97 Å². The second-order valence-corrected chi connectivity index (χ2v) is 8.23. The third-order valence-electron chi connectivity index (χ3n) is 5.73. The van der Waals surface area contributed by atoms with Crippen LogP contribution in [0, 0.1) is 0 Å². The van der Waals surface area contributed by atoms with Gasteiger partial charge in [0, 0.05) is 11.9 Å². The first kappa shape index (κ1) is 23.8. The van der Waals surface area contributed by atoms with Crippen molar-refractivity contribution >= 4 is 16.7 Å². The van der Waals surface area contributed by atoms with E-state index in [9.17, 15) is 0 Å². The van der Waals surface area contributed by atoms with Gasteiger partial charge in [0.25, 0.3) is 0 Å². The second-order valence-electron chi connectivity index (χ2n) is 8.23. The zero-order chi connectivity index (χ0) is 22.3. The molecule has 3 rings (SSSR count). The minimum absolute atomic E-state index is 0.797. The summed E-state index contributed by atoms with van der Waals surface area (Å²) in [7, 11) is 1.68. The molecule has 2 aromatic carbocycles. The van der Waals surface area contributed by atoms with Crippen molar-refractivity contribution in [2.75, 3.05) is 25.6 Å². The van der Waals surface area contributed by atoms with Crippen LogP contribution in [0.25, 0.3) is 10.9 Å². The first-order valence-electron chi connectivity index (χ1n) is 12.1. The van der Waals surface area contributed by atoms with Crippen LogP contribution in [0.2, 0.25) is 0 Å². The molecular weight excluding hydrogens is 398 g/mol. The molecule has 0 atom stereocenters. The number of rotatable bonds is 16. The van der Waals surface area contributed by atoms with Crippen LogP contribution >= 0.6 is 0 Å². The maximum absolute atomic E-state index is 5.78. The molecule has 1 aromatic heterocycles. The van der Waals surface area contributed by atoms with Crippen LogP contribution < -0.4 is 14.8 Å². The van der Waals surface area contributed by atoms with Gasteiger partial charge < -0.3 is 14.8 Å². The van der Waals surface area contributed by atoms with Gasteiger partial charge in [-0.25, -0.2) is 9.97 Å². The molecule has 0 fully saturated rings. The predicted molar refractivity (Wildman–Crippen MR) is 133 cm³/mol. The topological polar surface area (TPSA) is 56.3 Å². The molecule has 1 N–H and O–H groups in total. The molecule has 0 spiro atoms. The van der Waals surface area contributed by atoms with Crippen molar-refractivity contribution in [1.29, 1.82) is 0 Å². The van der Waals surface area contributed by atoms with Crippen LogP contribution in [0.1, 0.15) is 64.2 Å². The smallest absolute Gasteiger partial charge is 0.137 e. The molecule has 3 aromatic rings. The van der Waals surface area contributed by atoms with Crippen molar-refractivity contribution in [2.24, 2.45) is 0 Å². The Morgan fingerprint density at radius 1 is 0.688 bits per heavy atom. The molecule has 0 saturated carbocycles. The van der Waals surface area contributed by atoms with E-state index in [-0.39, 0.29) is 0 Å². The highest BCUT2D eigenvalue weighted by Gasteiger charge is 2.01. The molecule has 0 aliphatic rings. The Balaban J connectivity index is 1.11. The second kappa shape index (κ2) is 14.3. The highest BCUT2D eigenvalue weighted by molar-refractivity contribution is 5.88. The van der Waals surface area contributed by atoms with Crippen molar-refractivity contribution < 1.29 is 9.47 Å². The van der Waals surface area contributed by atoms with E-state index in [0.29, 0.717) is 0 Å². The minimum Gasteiger partial charge on any atom is -0.497 e. The van der Waals surface area contributed by atoms with Gasteiger partial charge in [-0.3, -0.25) is 0 Å². The Morgan fingerprint density at radius 2 is 1.31 bits per heavy atom. The number of nitrogens with zero attached hydrogens (tertiary/aromatic N) is 2. The maximum Gasteiger partial charge on any atom is 0.137 e. The molecule has 32 heavy (non-hydrogen) atoms. The lowest BCUT2D eigenvalue weighted by Crippen LogP contribution is -2.04. The Bertz CT molecular complexity index is 894. The Labute approximate surface area is 192 Å². The molecule has 0 saturated heterocycles. The van der Waals surface area contributed by atoms with E-state index in [4.69, 9.17) is 9.47 Å². The van der Waals surface area contributed by atoms with Gasteiger partial charge in [0.1, 0.15) is 23.6 Å². The van der Waals surface area contributed by atoms with E-state index in [1.807, 2.05) is 42.5 Å². The standard InChI is InChI=1S/C27H37N3O2/c1-31-23-16-18-24(19-17-23)32-21-13-9-7-5-3-2-4-6-8-12-20-28-27-25-14-10-11-15-26(25)29-22-30-27/h10-11,14-19,22H,2-9,12-13,20-21H2,1H3,(H,28,29,30). The summed E-state index contributed by atoms with van der Waals surface area (Å²) >= 11 is 0. The van der Waals surface area contributed by atoms with E-state index in [2.05, 4.69) is 21.4 Å². The van der Waals surface area contributed by atoms with Crippen LogP contribution in [0.15, 0.2) is 54.9 Å². The normalized spacial score (nSPS) is 10.9. The number of unbranched alkanes of at least 4 members (excludes halogenated alkanes) is 9. The van der Waals surface area contributed by atoms with E-state index >= 15 is 0 Å². The van der Waals surface area contributed by atoms with Crippen LogP contribution in [0.4, 0.5) is 5.82 Å². The van der Waals surface area contributed by atoms with Gasteiger partial charge in [0.2, 0.25) is 0 Å². The lowest BCUT2D eigenvalue weighted by Gasteiger charge is -2.08. The van der Waals surface area contributed by atoms with E-state index < -0.39 is 0 Å². The summed E-state index contributed by atoms with van der Waals surface area (Å²) in [6.07, 6.45) is 14.5. The SMILES string of the molecule is COc1ccc(OCCCCCCCCCCCCNc2ncnc3ccccc23)cc1. The molecular formula is C27H37N3O2. The number of ether oxygens (including phenoxy) is 2. The number of hydrogen-bond acceptors (Lipinski definition) is 5. The summed E-state index contributed by atoms with van der Waals surface area (Å²) in [5.41, 5.74) is 0.995. The fourth-order valence-corrected chi connectivity index (χ4v) is 3.86. The van der Waals surface area contributed by atoms with Crippen molar-refractivity contribution in [2.45, 2.75) is 64.2 Å². The Kier molecular flexibility index (Phi) is 10.6. The van der Waals surface area contributed by atoms with Gasteiger partial charge in [0.15, 0.2) is 0 Å². The fraction of sp³-hybridized carbons (Fsp3) is 0.481. The van der Waals surface area contributed by atoms with Crippen molar-refractivity contribution in [3.8, 4) is 11.5 Å². The van der Waals surface area contributed by atoms with Crippen LogP contribution in [0.5, 0.6) is 11.5 Å². The first-order valence-corrected chi connectivity index (χ1v) is 12.1. The van der Waals surface area contributed by atoms with E-state index in [1.165, 1.54) is 57.8 Å². The summed E-state index contributed by atoms with van der Waals surface area (Å²) < 4.78 is 10.9. The Morgan fingerprint density at radius 3 is 2.03 bits per heavy atom. The zero-order valence-corrected chi connectivity index (χ0v) is 19.4. The molecule has 0 aliphatic heterocycles. The molecule has 1 heterocycles. The predicted octanol–water partition coefficient (Wildman–Crippen LogP) is 7.03. The van der Waals surface area contributed by atoms with Gasteiger partial charge >= 0.3 is 0 Å². The first-order chi connectivity index (χ1) is 15.9. The quantitative estimate of drug-likeness (QED) is 0.245. The number of aromatic nitrogens is 2. The van der Waals surface area contributed by atoms with E-state index in [0.717, 1.165) is 47.8 Å². The molecule has 0 aliphatic carbocycles. The number of nitrogens with one attached hydrogen (secondary N) is 1. The summed E-state index contributed by atoms with van der Waals surface area (Å²) in [4.78, 5) is 8.70. The van der Waals surface area contributed by atoms with Crippen molar-refractivity contribution in [3.63, 3.8) is 0 Å². The fourth-order valence-electron chi connectivity index (χ4n) is 3.86. The summed E-state index contributed by atoms with van der Waals surface area (Å²) in [5, 5.41) is 4.57. The minimum atomic E-state index is 0.797. The molecule has 5 heteroatoms. The summed E-state index contributed by atoms with van der Waals surface area (Å²) in [5.74, 6) is 2.74. The van der Waals surface area contributed by atoms with Gasteiger partial charge in [-0.1, -0.05) is 63.5 Å². The summed E-state index contributed by atoms with van der Waals surface area (Å²) in [6, 6.07) is 16.0. The molecule has 0 amide bonds. The third-order valence-corrected chi connectivity index (χ3v) is 5.73. The van der Waals surface area contributed by atoms with Crippen LogP contribution in [-0.4, -0.2) is 30.2 Å². The average molecular weight is 436 g/mol. The molecule has 0 unspecified atom stereocenters. The Hall–Kier alpha value is -2.82. The van der Waals surface area contributed by atoms with Crippen LogP contribution in [0.3, 0.4) is 0 Å². The van der Waals surface area contributed by atoms with Gasteiger partial charge in [-0.15, -0.1) is 0 Å². The molecule has 0 bridgehead atoms. The van der Waals surface area contributed by atoms with E-state index in [1.54, 1.807) is 13.4 Å². The number of benzene rings is 2. The number of anilines is 1. The summed E-state index contributed by atoms with van der Waals surface area (Å²) in [6.45, 7) is 1.77. The molecule has 0 radical (unpaired) electrons. The van der Waals surface area contributed by atoms with Gasteiger partial charge in [-0.2, -0.15) is 0 Å². The highest BCUT2D eigenvalue weighted by atomic mass is 16.5. The largest absolute Gasteiger partial charge is 0.497 e. The maximum atomic E-state index is 5.78. The van der Waals surface area contributed by atoms with Gasteiger partial charge in [-0.05, 0) is 49.2 Å². The number of methoxy groups -OCH3 is 1. The third kappa shape index (κ3) is 8.37. The van der Waals surface area contributed by atoms with Gasteiger partial charge in [0.05, 0.1) is 19.2 Å². The van der Waals surface area contributed by atoms with Crippen LogP contribution in [-0.2, 0) is 0 Å². The lowest BCUT2D eigenvalue weighted by atomic mass is 10.1. The number of fused-ring (bicyclic) bond motifs is 1. The van der Waals surface area contributed by atoms with Crippen molar-refractivity contribution in [3.05, 3.63) is 54.9 Å². The highest BCUT2D eigenvalue weighted by Crippen LogP contribution is 2.19. The molecule has 5 nitrogen and oxygen atoms in total. The average Bonchev–Trinajstić information content (AvgIpc) is 2.84. The number of para-hydroxylation sites is 1. The molecule has 172 valence electrons. The monoisotopic (exact) mass is 435 g/mol. The lowest BCUT2D eigenvalue weighted by molar-refractivity contribution is 0.303.